The number of nitrogens with zero attached hydrogens (tertiary/aromatic N) is 1. The van der Waals surface area contributed by atoms with E-state index in [4.69, 9.17) is 5.21 Å². The summed E-state index contributed by atoms with van der Waals surface area (Å²) < 4.78 is 0. The minimum absolute atomic E-state index is 0.818. The maximum atomic E-state index is 8.99. The summed E-state index contributed by atoms with van der Waals surface area (Å²) in [6, 6.07) is 0. The first-order valence-corrected chi connectivity index (χ1v) is 9.17. The molecule has 0 aromatic rings. The second kappa shape index (κ2) is 17.0. The molecule has 0 saturated carbocycles. The van der Waals surface area contributed by atoms with Gasteiger partial charge in [-0.15, -0.1) is 0 Å². The number of hydroxylamine groups is 2. The summed E-state index contributed by atoms with van der Waals surface area (Å²) >= 11 is 0. The lowest BCUT2D eigenvalue weighted by molar-refractivity contribution is -0.0655. The van der Waals surface area contributed by atoms with E-state index in [0.717, 1.165) is 13.0 Å². The van der Waals surface area contributed by atoms with Crippen LogP contribution in [0.3, 0.4) is 0 Å². The van der Waals surface area contributed by atoms with Crippen LogP contribution in [0.1, 0.15) is 103 Å². The third-order valence-corrected chi connectivity index (χ3v) is 4.09. The highest BCUT2D eigenvalue weighted by atomic mass is 16.5. The molecule has 0 radical (unpaired) electrons. The van der Waals surface area contributed by atoms with E-state index in [1.54, 1.807) is 7.05 Å². The largest absolute Gasteiger partial charge is 0.314 e. The fourth-order valence-electron chi connectivity index (χ4n) is 2.71. The Kier molecular flexibility index (Phi) is 16.9. The molecule has 0 spiro atoms. The van der Waals surface area contributed by atoms with Crippen molar-refractivity contribution in [3.8, 4) is 0 Å². The summed E-state index contributed by atoms with van der Waals surface area (Å²) in [6.07, 6.45) is 20.9. The lowest BCUT2D eigenvalue weighted by Crippen LogP contribution is -2.13. The molecule has 0 saturated heterocycles. The fraction of sp³-hybridized carbons (Fsp3) is 1.00. The van der Waals surface area contributed by atoms with Crippen LogP contribution >= 0.6 is 0 Å². The molecular formula is C18H39NO. The molecule has 0 heterocycles. The van der Waals surface area contributed by atoms with Gasteiger partial charge in [0, 0.05) is 13.6 Å². The Morgan fingerprint density at radius 3 is 1.15 bits per heavy atom. The van der Waals surface area contributed by atoms with Crippen molar-refractivity contribution in [2.24, 2.45) is 0 Å². The van der Waals surface area contributed by atoms with Gasteiger partial charge in [0.15, 0.2) is 0 Å². The van der Waals surface area contributed by atoms with Crippen molar-refractivity contribution < 1.29 is 5.21 Å². The van der Waals surface area contributed by atoms with E-state index in [9.17, 15) is 0 Å². The average molecular weight is 286 g/mol. The van der Waals surface area contributed by atoms with E-state index >= 15 is 0 Å². The Morgan fingerprint density at radius 1 is 0.550 bits per heavy atom. The molecular weight excluding hydrogens is 246 g/mol. The van der Waals surface area contributed by atoms with Crippen molar-refractivity contribution in [2.75, 3.05) is 13.6 Å². The first-order chi connectivity index (χ1) is 9.77. The van der Waals surface area contributed by atoms with E-state index in [0.29, 0.717) is 0 Å². The molecule has 2 nitrogen and oxygen atoms in total. The smallest absolute Gasteiger partial charge is 0.0235 e. The molecule has 0 aromatic heterocycles. The summed E-state index contributed by atoms with van der Waals surface area (Å²) in [5.41, 5.74) is 0. The molecule has 0 aromatic carbocycles. The third kappa shape index (κ3) is 17.9. The number of hydrogen-bond acceptors (Lipinski definition) is 2. The van der Waals surface area contributed by atoms with Gasteiger partial charge >= 0.3 is 0 Å². The van der Waals surface area contributed by atoms with Gasteiger partial charge in [-0.1, -0.05) is 96.8 Å². The minimum Gasteiger partial charge on any atom is -0.314 e. The Hall–Kier alpha value is -0.0800. The van der Waals surface area contributed by atoms with Gasteiger partial charge in [0.1, 0.15) is 0 Å². The zero-order valence-corrected chi connectivity index (χ0v) is 14.2. The van der Waals surface area contributed by atoms with Gasteiger partial charge in [0.25, 0.3) is 0 Å². The van der Waals surface area contributed by atoms with Gasteiger partial charge in [-0.3, -0.25) is 0 Å². The zero-order chi connectivity index (χ0) is 14.9. The summed E-state index contributed by atoms with van der Waals surface area (Å²) in [5.74, 6) is 0. The summed E-state index contributed by atoms with van der Waals surface area (Å²) in [4.78, 5) is 0. The van der Waals surface area contributed by atoms with Crippen molar-refractivity contribution in [3.05, 3.63) is 0 Å². The summed E-state index contributed by atoms with van der Waals surface area (Å²) in [5, 5.41) is 10.3. The molecule has 0 fully saturated rings. The van der Waals surface area contributed by atoms with Crippen molar-refractivity contribution in [3.63, 3.8) is 0 Å². The second-order valence-corrected chi connectivity index (χ2v) is 6.33. The molecule has 0 aliphatic carbocycles. The van der Waals surface area contributed by atoms with Gasteiger partial charge in [0.05, 0.1) is 0 Å². The zero-order valence-electron chi connectivity index (χ0n) is 14.2. The van der Waals surface area contributed by atoms with Gasteiger partial charge in [-0.05, 0) is 6.42 Å². The van der Waals surface area contributed by atoms with Gasteiger partial charge < -0.3 is 5.21 Å². The molecule has 1 N–H and O–H groups in total. The third-order valence-electron chi connectivity index (χ3n) is 4.09. The summed E-state index contributed by atoms with van der Waals surface area (Å²) in [7, 11) is 1.73. The van der Waals surface area contributed by atoms with Crippen LogP contribution in [0.4, 0.5) is 0 Å². The van der Waals surface area contributed by atoms with E-state index in [1.807, 2.05) is 0 Å². The number of hydrogen-bond donors (Lipinski definition) is 1. The summed E-state index contributed by atoms with van der Waals surface area (Å²) in [6.45, 7) is 3.10. The first-order valence-electron chi connectivity index (χ1n) is 9.17. The van der Waals surface area contributed by atoms with Crippen molar-refractivity contribution in [2.45, 2.75) is 103 Å². The number of rotatable bonds is 16. The van der Waals surface area contributed by atoms with Crippen LogP contribution in [0.15, 0.2) is 0 Å². The predicted molar refractivity (Wildman–Crippen MR) is 89.3 cm³/mol. The standard InChI is InChI=1S/C18H39NO/c1-3-4-5-6-7-8-9-10-11-12-13-14-15-16-17-18-19(2)20/h20H,3-18H2,1-2H3. The highest BCUT2D eigenvalue weighted by molar-refractivity contribution is 4.50. The second-order valence-electron chi connectivity index (χ2n) is 6.33. The van der Waals surface area contributed by atoms with Crippen molar-refractivity contribution >= 4 is 0 Å². The fourth-order valence-corrected chi connectivity index (χ4v) is 2.71. The molecule has 0 aliphatic rings. The van der Waals surface area contributed by atoms with Gasteiger partial charge in [-0.25, -0.2) is 0 Å². The molecule has 20 heavy (non-hydrogen) atoms. The van der Waals surface area contributed by atoms with Crippen LogP contribution in [-0.4, -0.2) is 23.9 Å². The van der Waals surface area contributed by atoms with Crippen LogP contribution in [0.25, 0.3) is 0 Å². The van der Waals surface area contributed by atoms with Crippen LogP contribution in [0.2, 0.25) is 0 Å². The minimum atomic E-state index is 0.818. The highest BCUT2D eigenvalue weighted by Crippen LogP contribution is 2.13. The normalized spacial score (nSPS) is 11.4. The van der Waals surface area contributed by atoms with Crippen molar-refractivity contribution in [1.29, 1.82) is 0 Å². The van der Waals surface area contributed by atoms with E-state index in [2.05, 4.69) is 6.92 Å². The molecule has 0 unspecified atom stereocenters. The predicted octanol–water partition coefficient (Wildman–Crippen LogP) is 6.18. The monoisotopic (exact) mass is 285 g/mol. The molecule has 122 valence electrons. The topological polar surface area (TPSA) is 23.5 Å². The molecule has 0 amide bonds. The Morgan fingerprint density at radius 2 is 0.850 bits per heavy atom. The van der Waals surface area contributed by atoms with Crippen LogP contribution in [0.5, 0.6) is 0 Å². The SMILES string of the molecule is CCCCCCCCCCCCCCCCCN(C)O. The molecule has 0 atom stereocenters. The lowest BCUT2D eigenvalue weighted by atomic mass is 10.0. The average Bonchev–Trinajstić information content (AvgIpc) is 2.43. The number of unbranched alkanes of at least 4 members (excludes halogenated alkanes) is 14. The van der Waals surface area contributed by atoms with Gasteiger partial charge in [0.2, 0.25) is 0 Å². The lowest BCUT2D eigenvalue weighted by Gasteiger charge is -2.07. The van der Waals surface area contributed by atoms with Crippen LogP contribution in [-0.2, 0) is 0 Å². The Balaban J connectivity index is 2.92. The molecule has 2 heteroatoms. The van der Waals surface area contributed by atoms with Crippen LogP contribution in [0, 0.1) is 0 Å². The highest BCUT2D eigenvalue weighted by Gasteiger charge is 1.95. The van der Waals surface area contributed by atoms with Gasteiger partial charge in [-0.2, -0.15) is 5.06 Å². The van der Waals surface area contributed by atoms with Crippen LogP contribution < -0.4 is 0 Å². The van der Waals surface area contributed by atoms with Crippen molar-refractivity contribution in [1.82, 2.24) is 5.06 Å². The quantitative estimate of drug-likeness (QED) is 0.270. The van der Waals surface area contributed by atoms with E-state index in [-0.39, 0.29) is 0 Å². The molecule has 0 aliphatic heterocycles. The maximum Gasteiger partial charge on any atom is 0.0235 e. The Labute approximate surface area is 127 Å². The maximum absolute atomic E-state index is 8.99. The van der Waals surface area contributed by atoms with E-state index in [1.165, 1.54) is 95.0 Å². The molecule has 0 bridgehead atoms. The molecule has 0 rings (SSSR count). The van der Waals surface area contributed by atoms with E-state index < -0.39 is 0 Å². The Bertz CT molecular complexity index is 171. The first kappa shape index (κ1) is 19.9.